The van der Waals surface area contributed by atoms with Gasteiger partial charge >= 0.3 is 0 Å². The van der Waals surface area contributed by atoms with E-state index in [0.717, 1.165) is 0 Å². The van der Waals surface area contributed by atoms with Crippen LogP contribution in [0, 0.1) is 0 Å². The highest BCUT2D eigenvalue weighted by atomic mass is 13.8. The number of hydrogen-bond donors (Lipinski definition) is 0. The van der Waals surface area contributed by atoms with Gasteiger partial charge in [0.25, 0.3) is 0 Å². The van der Waals surface area contributed by atoms with E-state index in [2.05, 4.69) is 26.2 Å². The summed E-state index contributed by atoms with van der Waals surface area (Å²) in [7, 11) is 0. The molecule has 17 heavy (non-hydrogen) atoms. The summed E-state index contributed by atoms with van der Waals surface area (Å²) in [5.74, 6) is 0. The molecule has 0 aromatic heterocycles. The fraction of sp³-hybridized carbons (Fsp3) is 0.294. The summed E-state index contributed by atoms with van der Waals surface area (Å²) in [6.07, 6.45) is 11.5. The van der Waals surface area contributed by atoms with Gasteiger partial charge in [0.15, 0.2) is 0 Å². The Morgan fingerprint density at radius 3 is 1.65 bits per heavy atom. The van der Waals surface area contributed by atoms with Crippen molar-refractivity contribution in [2.75, 3.05) is 0 Å². The summed E-state index contributed by atoms with van der Waals surface area (Å²) in [6.45, 7) is 11.0. The van der Waals surface area contributed by atoms with Crippen molar-refractivity contribution in [3.8, 4) is 0 Å². The van der Waals surface area contributed by atoms with Crippen molar-refractivity contribution in [2.24, 2.45) is 0 Å². The van der Waals surface area contributed by atoms with E-state index >= 15 is 0 Å². The zero-order valence-electron chi connectivity index (χ0n) is 11.3. The number of hydrogen-bond acceptors (Lipinski definition) is 0. The third-order valence-corrected chi connectivity index (χ3v) is 1.66. The summed E-state index contributed by atoms with van der Waals surface area (Å²) in [4.78, 5) is 0. The standard InChI is InChI=1S/C8H14.C6H6.C3H6/c1-3-5-7-8-6-4-2;1-2-4-6-5-3-1;1-3-2/h3,5,7H,1,4,6,8H2,2H3;1-6H;3H,1H2,2H3. The monoisotopic (exact) mass is 230 g/mol. The lowest BCUT2D eigenvalue weighted by Crippen LogP contribution is -1.64. The first-order valence-electron chi connectivity index (χ1n) is 6.18. The van der Waals surface area contributed by atoms with Gasteiger partial charge in [-0.1, -0.05) is 87.0 Å². The minimum atomic E-state index is 1.20. The first-order valence-corrected chi connectivity index (χ1v) is 6.18. The molecule has 0 unspecified atom stereocenters. The molecule has 0 spiro atoms. The molecule has 0 saturated carbocycles. The molecule has 0 bridgehead atoms. The molecule has 0 atom stereocenters. The summed E-state index contributed by atoms with van der Waals surface area (Å²) in [6, 6.07) is 12.0. The molecule has 0 nitrogen and oxygen atoms in total. The van der Waals surface area contributed by atoms with E-state index in [4.69, 9.17) is 0 Å². The predicted octanol–water partition coefficient (Wildman–Crippen LogP) is 5.80. The zero-order chi connectivity index (χ0) is 13.2. The molecule has 0 N–H and O–H groups in total. The Hall–Kier alpha value is -1.56. The average molecular weight is 230 g/mol. The van der Waals surface area contributed by atoms with Crippen molar-refractivity contribution in [3.63, 3.8) is 0 Å². The van der Waals surface area contributed by atoms with Crippen LogP contribution in [0.3, 0.4) is 0 Å². The Kier molecular flexibility index (Phi) is 20.9. The topological polar surface area (TPSA) is 0 Å². The van der Waals surface area contributed by atoms with Crippen molar-refractivity contribution in [1.29, 1.82) is 0 Å². The third-order valence-electron chi connectivity index (χ3n) is 1.66. The minimum Gasteiger partial charge on any atom is -0.103 e. The highest BCUT2D eigenvalue weighted by Crippen LogP contribution is 1.93. The highest BCUT2D eigenvalue weighted by molar-refractivity contribution is 4.99. The Morgan fingerprint density at radius 2 is 1.35 bits per heavy atom. The number of benzene rings is 1. The Morgan fingerprint density at radius 1 is 0.941 bits per heavy atom. The maximum atomic E-state index is 3.57. The maximum absolute atomic E-state index is 3.57. The smallest absolute Gasteiger partial charge is 0.0348 e. The second-order valence-corrected chi connectivity index (χ2v) is 3.37. The van der Waals surface area contributed by atoms with Crippen molar-refractivity contribution >= 4 is 0 Å². The highest BCUT2D eigenvalue weighted by Gasteiger charge is 1.73. The van der Waals surface area contributed by atoms with Crippen LogP contribution in [-0.2, 0) is 0 Å². The quantitative estimate of drug-likeness (QED) is 0.348. The molecule has 0 aliphatic heterocycles. The van der Waals surface area contributed by atoms with Crippen LogP contribution in [0.1, 0.15) is 33.1 Å². The third kappa shape index (κ3) is 25.1. The van der Waals surface area contributed by atoms with Gasteiger partial charge in [0.05, 0.1) is 0 Å². The van der Waals surface area contributed by atoms with E-state index in [1.54, 1.807) is 6.08 Å². The van der Waals surface area contributed by atoms with Gasteiger partial charge in [0.2, 0.25) is 0 Å². The average Bonchev–Trinajstić information content (AvgIpc) is 2.39. The predicted molar refractivity (Wildman–Crippen MR) is 81.2 cm³/mol. The van der Waals surface area contributed by atoms with Gasteiger partial charge in [0.1, 0.15) is 0 Å². The number of unbranched alkanes of at least 4 members (excludes halogenated alkanes) is 2. The Balaban J connectivity index is 0. The molecule has 0 saturated heterocycles. The van der Waals surface area contributed by atoms with Gasteiger partial charge in [-0.15, -0.1) is 6.58 Å². The maximum Gasteiger partial charge on any atom is -0.0348 e. The lowest BCUT2D eigenvalue weighted by Gasteiger charge is -1.84. The molecule has 0 radical (unpaired) electrons. The lowest BCUT2D eigenvalue weighted by atomic mass is 10.2. The SMILES string of the molecule is C=CC.C=CC=CCCCC.c1ccccc1. The fourth-order valence-electron chi connectivity index (χ4n) is 0.899. The van der Waals surface area contributed by atoms with Crippen LogP contribution in [-0.4, -0.2) is 0 Å². The molecule has 0 amide bonds. The van der Waals surface area contributed by atoms with Crippen molar-refractivity contribution in [1.82, 2.24) is 0 Å². The lowest BCUT2D eigenvalue weighted by molar-refractivity contribution is 0.815. The van der Waals surface area contributed by atoms with E-state index < -0.39 is 0 Å². The molecule has 0 aliphatic rings. The summed E-state index contributed by atoms with van der Waals surface area (Å²) in [5, 5.41) is 0. The molecular weight excluding hydrogens is 204 g/mol. The van der Waals surface area contributed by atoms with Crippen LogP contribution < -0.4 is 0 Å². The number of allylic oxidation sites excluding steroid dienone is 4. The van der Waals surface area contributed by atoms with E-state index in [-0.39, 0.29) is 0 Å². The zero-order valence-corrected chi connectivity index (χ0v) is 11.3. The molecule has 0 heterocycles. The van der Waals surface area contributed by atoms with Crippen LogP contribution in [0.15, 0.2) is 73.9 Å². The van der Waals surface area contributed by atoms with E-state index in [9.17, 15) is 0 Å². The van der Waals surface area contributed by atoms with Gasteiger partial charge in [-0.05, 0) is 13.3 Å². The first kappa shape index (κ1) is 17.8. The van der Waals surface area contributed by atoms with Crippen LogP contribution in [0.5, 0.6) is 0 Å². The fourth-order valence-corrected chi connectivity index (χ4v) is 0.899. The van der Waals surface area contributed by atoms with Gasteiger partial charge < -0.3 is 0 Å². The molecule has 94 valence electrons. The molecule has 1 aromatic carbocycles. The molecular formula is C17H26. The van der Waals surface area contributed by atoms with Crippen LogP contribution in [0.2, 0.25) is 0 Å². The van der Waals surface area contributed by atoms with Gasteiger partial charge in [0, 0.05) is 0 Å². The van der Waals surface area contributed by atoms with Crippen LogP contribution in [0.25, 0.3) is 0 Å². The van der Waals surface area contributed by atoms with E-state index in [1.807, 2.05) is 55.5 Å². The first-order chi connectivity index (χ1) is 8.33. The van der Waals surface area contributed by atoms with E-state index in [0.29, 0.717) is 0 Å². The van der Waals surface area contributed by atoms with Crippen molar-refractivity contribution < 1.29 is 0 Å². The second kappa shape index (κ2) is 19.9. The van der Waals surface area contributed by atoms with Crippen molar-refractivity contribution in [3.05, 3.63) is 73.9 Å². The Labute approximate surface area is 107 Å². The number of rotatable bonds is 4. The van der Waals surface area contributed by atoms with Crippen LogP contribution >= 0.6 is 0 Å². The molecule has 1 aromatic rings. The van der Waals surface area contributed by atoms with Crippen molar-refractivity contribution in [2.45, 2.75) is 33.1 Å². The molecule has 1 rings (SSSR count). The Bertz CT molecular complexity index is 230. The summed E-state index contributed by atoms with van der Waals surface area (Å²) < 4.78 is 0. The molecule has 0 fully saturated rings. The second-order valence-electron chi connectivity index (χ2n) is 3.37. The minimum absolute atomic E-state index is 1.20. The largest absolute Gasteiger partial charge is 0.103 e. The molecule has 0 heteroatoms. The van der Waals surface area contributed by atoms with Gasteiger partial charge in [-0.3, -0.25) is 0 Å². The summed E-state index contributed by atoms with van der Waals surface area (Å²) in [5.41, 5.74) is 0. The van der Waals surface area contributed by atoms with E-state index in [1.165, 1.54) is 19.3 Å². The normalized spacial score (nSPS) is 8.35. The van der Waals surface area contributed by atoms with Gasteiger partial charge in [-0.2, -0.15) is 0 Å². The van der Waals surface area contributed by atoms with Gasteiger partial charge in [-0.25, -0.2) is 0 Å². The molecule has 0 aliphatic carbocycles. The van der Waals surface area contributed by atoms with Crippen LogP contribution in [0.4, 0.5) is 0 Å². The summed E-state index contributed by atoms with van der Waals surface area (Å²) >= 11 is 0.